The Bertz CT molecular complexity index is 479. The van der Waals surface area contributed by atoms with Crippen LogP contribution < -0.4 is 15.5 Å². The summed E-state index contributed by atoms with van der Waals surface area (Å²) in [6, 6.07) is 2.02. The molecule has 1 amide bonds. The van der Waals surface area contributed by atoms with Crippen molar-refractivity contribution in [3.63, 3.8) is 0 Å². The Kier molecular flexibility index (Phi) is 4.76. The van der Waals surface area contributed by atoms with Crippen LogP contribution in [0.2, 0.25) is 0 Å². The van der Waals surface area contributed by atoms with E-state index < -0.39 is 37.5 Å². The van der Waals surface area contributed by atoms with Crippen LogP contribution in [0.4, 0.5) is 17.6 Å². The van der Waals surface area contributed by atoms with Gasteiger partial charge in [-0.2, -0.15) is 13.2 Å². The van der Waals surface area contributed by atoms with E-state index in [9.17, 15) is 22.4 Å². The summed E-state index contributed by atoms with van der Waals surface area (Å²) in [5.41, 5.74) is -0.495. The average Bonchev–Trinajstić information content (AvgIpc) is 2.33. The van der Waals surface area contributed by atoms with Crippen LogP contribution >= 0.6 is 0 Å². The van der Waals surface area contributed by atoms with Crippen molar-refractivity contribution in [1.29, 1.82) is 0 Å². The van der Waals surface area contributed by atoms with Crippen molar-refractivity contribution in [3.8, 4) is 5.75 Å². The quantitative estimate of drug-likeness (QED) is 0.607. The summed E-state index contributed by atoms with van der Waals surface area (Å²) in [4.78, 5) is 11.5. The predicted molar refractivity (Wildman–Crippen MR) is 60.3 cm³/mol. The number of alkyl halides is 3. The maximum absolute atomic E-state index is 13.6. The normalized spacial score (nSPS) is 11.1. The average molecular weight is 279 g/mol. The first-order valence-electron chi connectivity index (χ1n) is 5.10. The molecule has 104 valence electrons. The SMILES string of the molecule is COc1cc(BO)cc(F)c1C(=O)NCC(F)(F)F. The Labute approximate surface area is 106 Å². The van der Waals surface area contributed by atoms with Crippen LogP contribution in [0.25, 0.3) is 0 Å². The van der Waals surface area contributed by atoms with Gasteiger partial charge in [0.05, 0.1) is 7.11 Å². The molecule has 0 spiro atoms. The van der Waals surface area contributed by atoms with Gasteiger partial charge in [-0.05, 0) is 17.6 Å². The molecule has 0 saturated carbocycles. The maximum atomic E-state index is 13.6. The zero-order chi connectivity index (χ0) is 14.6. The highest BCUT2D eigenvalue weighted by molar-refractivity contribution is 6.45. The summed E-state index contributed by atoms with van der Waals surface area (Å²) in [5, 5.41) is 10.4. The molecule has 0 unspecified atom stereocenters. The number of halogens is 4. The minimum atomic E-state index is -4.59. The van der Waals surface area contributed by atoms with E-state index in [1.807, 2.05) is 0 Å². The molecule has 0 radical (unpaired) electrons. The predicted octanol–water partition coefficient (Wildman–Crippen LogP) is 0.0955. The molecular formula is C10H10BF4NO3. The third-order valence-electron chi connectivity index (χ3n) is 2.19. The monoisotopic (exact) mass is 279 g/mol. The smallest absolute Gasteiger partial charge is 0.405 e. The molecule has 0 aliphatic heterocycles. The van der Waals surface area contributed by atoms with E-state index in [2.05, 4.69) is 0 Å². The zero-order valence-electron chi connectivity index (χ0n) is 9.84. The first-order valence-corrected chi connectivity index (χ1v) is 5.10. The topological polar surface area (TPSA) is 58.6 Å². The Balaban J connectivity index is 3.02. The van der Waals surface area contributed by atoms with Gasteiger partial charge in [-0.3, -0.25) is 4.79 Å². The number of ether oxygens (including phenoxy) is 1. The summed E-state index contributed by atoms with van der Waals surface area (Å²) < 4.78 is 54.2. The summed E-state index contributed by atoms with van der Waals surface area (Å²) in [7, 11) is 0.647. The third kappa shape index (κ3) is 4.13. The van der Waals surface area contributed by atoms with Gasteiger partial charge in [0.15, 0.2) is 0 Å². The summed E-state index contributed by atoms with van der Waals surface area (Å²) >= 11 is 0. The lowest BCUT2D eigenvalue weighted by molar-refractivity contribution is -0.123. The minimum absolute atomic E-state index is 0.140. The van der Waals surface area contributed by atoms with Gasteiger partial charge in [-0.15, -0.1) is 0 Å². The molecule has 2 N–H and O–H groups in total. The maximum Gasteiger partial charge on any atom is 0.405 e. The Hall–Kier alpha value is -1.77. The van der Waals surface area contributed by atoms with Crippen molar-refractivity contribution in [2.24, 2.45) is 0 Å². The lowest BCUT2D eigenvalue weighted by Crippen LogP contribution is -2.34. The van der Waals surface area contributed by atoms with Crippen LogP contribution in [0.5, 0.6) is 5.75 Å². The molecule has 0 bridgehead atoms. The zero-order valence-corrected chi connectivity index (χ0v) is 9.84. The summed E-state index contributed by atoms with van der Waals surface area (Å²) in [5.74, 6) is -2.55. The molecule has 0 aromatic heterocycles. The number of methoxy groups -OCH3 is 1. The summed E-state index contributed by atoms with van der Waals surface area (Å²) in [6.07, 6.45) is -4.59. The number of nitrogens with one attached hydrogen (secondary N) is 1. The molecule has 0 fully saturated rings. The van der Waals surface area contributed by atoms with Crippen molar-refractivity contribution in [2.75, 3.05) is 13.7 Å². The second-order valence-corrected chi connectivity index (χ2v) is 3.61. The molecule has 9 heteroatoms. The highest BCUT2D eigenvalue weighted by atomic mass is 19.4. The van der Waals surface area contributed by atoms with Gasteiger partial charge in [0, 0.05) is 0 Å². The fourth-order valence-corrected chi connectivity index (χ4v) is 1.38. The second kappa shape index (κ2) is 5.92. The van der Waals surface area contributed by atoms with Crippen LogP contribution in [-0.4, -0.2) is 38.2 Å². The van der Waals surface area contributed by atoms with Crippen molar-refractivity contribution < 1.29 is 32.1 Å². The molecule has 1 aromatic rings. The van der Waals surface area contributed by atoms with E-state index in [0.29, 0.717) is 0 Å². The lowest BCUT2D eigenvalue weighted by Gasteiger charge is -2.12. The minimum Gasteiger partial charge on any atom is -0.496 e. The standard InChI is InChI=1S/C10H10BF4NO3/c1-19-7-3-5(11-18)2-6(12)8(7)9(17)16-4-10(13,14)15/h2-3,11,18H,4H2,1H3,(H,16,17). The van der Waals surface area contributed by atoms with Gasteiger partial charge in [-0.1, -0.05) is 0 Å². The Morgan fingerprint density at radius 1 is 1.47 bits per heavy atom. The van der Waals surface area contributed by atoms with Gasteiger partial charge < -0.3 is 15.1 Å². The molecule has 1 rings (SSSR count). The lowest BCUT2D eigenvalue weighted by atomic mass is 9.87. The number of hydrogen-bond donors (Lipinski definition) is 2. The van der Waals surface area contributed by atoms with Crippen LogP contribution in [0.1, 0.15) is 10.4 Å². The first-order chi connectivity index (χ1) is 8.78. The number of amides is 1. The molecule has 1 aromatic carbocycles. The van der Waals surface area contributed by atoms with Crippen LogP contribution in [-0.2, 0) is 0 Å². The molecule has 0 aliphatic rings. The molecule has 19 heavy (non-hydrogen) atoms. The molecular weight excluding hydrogens is 269 g/mol. The highest BCUT2D eigenvalue weighted by Crippen LogP contribution is 2.20. The van der Waals surface area contributed by atoms with E-state index in [4.69, 9.17) is 9.76 Å². The van der Waals surface area contributed by atoms with Gasteiger partial charge >= 0.3 is 13.7 Å². The van der Waals surface area contributed by atoms with Crippen LogP contribution in [0.3, 0.4) is 0 Å². The Morgan fingerprint density at radius 3 is 2.58 bits per heavy atom. The van der Waals surface area contributed by atoms with Crippen LogP contribution in [0.15, 0.2) is 12.1 Å². The van der Waals surface area contributed by atoms with E-state index in [-0.39, 0.29) is 11.2 Å². The van der Waals surface area contributed by atoms with Gasteiger partial charge in [0.25, 0.3) is 5.91 Å². The first kappa shape index (κ1) is 15.3. The molecule has 0 saturated heterocycles. The fraction of sp³-hybridized carbons (Fsp3) is 0.300. The number of carbonyl (C=O) groups excluding carboxylic acids is 1. The number of carbonyl (C=O) groups is 1. The molecule has 4 nitrogen and oxygen atoms in total. The van der Waals surface area contributed by atoms with E-state index in [0.717, 1.165) is 13.2 Å². The Morgan fingerprint density at radius 2 is 2.11 bits per heavy atom. The van der Waals surface area contributed by atoms with Crippen molar-refractivity contribution in [3.05, 3.63) is 23.5 Å². The van der Waals surface area contributed by atoms with E-state index in [1.54, 1.807) is 5.32 Å². The van der Waals surface area contributed by atoms with E-state index in [1.165, 1.54) is 6.07 Å². The fourth-order valence-electron chi connectivity index (χ4n) is 1.38. The summed E-state index contributed by atoms with van der Waals surface area (Å²) in [6.45, 7) is -1.57. The van der Waals surface area contributed by atoms with Crippen LogP contribution in [0, 0.1) is 5.82 Å². The number of hydrogen-bond acceptors (Lipinski definition) is 3. The number of benzene rings is 1. The van der Waals surface area contributed by atoms with Gasteiger partial charge in [-0.25, -0.2) is 4.39 Å². The number of rotatable bonds is 4. The van der Waals surface area contributed by atoms with Gasteiger partial charge in [0.2, 0.25) is 0 Å². The third-order valence-corrected chi connectivity index (χ3v) is 2.19. The van der Waals surface area contributed by atoms with E-state index >= 15 is 0 Å². The van der Waals surface area contributed by atoms with Gasteiger partial charge in [0.1, 0.15) is 23.7 Å². The second-order valence-electron chi connectivity index (χ2n) is 3.61. The highest BCUT2D eigenvalue weighted by Gasteiger charge is 2.29. The molecule has 0 aliphatic carbocycles. The molecule has 0 atom stereocenters. The van der Waals surface area contributed by atoms with Crippen molar-refractivity contribution in [1.82, 2.24) is 5.32 Å². The largest absolute Gasteiger partial charge is 0.496 e. The van der Waals surface area contributed by atoms with Crippen molar-refractivity contribution >= 4 is 18.9 Å². The molecule has 0 heterocycles. The van der Waals surface area contributed by atoms with Crippen molar-refractivity contribution in [2.45, 2.75) is 6.18 Å².